The zero-order valence-corrected chi connectivity index (χ0v) is 16.4. The van der Waals surface area contributed by atoms with Gasteiger partial charge in [-0.1, -0.05) is 38.3 Å². The molecule has 8 nitrogen and oxygen atoms in total. The van der Waals surface area contributed by atoms with Crippen LogP contribution in [0, 0.1) is 0 Å². The molecule has 3 aromatic rings. The minimum Gasteiger partial charge on any atom is -0.365 e. The molecule has 2 aromatic heterocycles. The quantitative estimate of drug-likeness (QED) is 0.450. The highest BCUT2D eigenvalue weighted by Gasteiger charge is 2.13. The highest BCUT2D eigenvalue weighted by Crippen LogP contribution is 2.23. The molecular formula is C21H25N7O. The number of nitrogens with one attached hydrogen (secondary N) is 2. The Kier molecular flexibility index (Phi) is 7.05. The van der Waals surface area contributed by atoms with E-state index >= 15 is 0 Å². The molecule has 150 valence electrons. The maximum Gasteiger partial charge on any atom is 0.254 e. The molecule has 0 spiro atoms. The molecule has 0 saturated heterocycles. The second-order valence-electron chi connectivity index (χ2n) is 6.59. The fourth-order valence-electron chi connectivity index (χ4n) is 2.82. The van der Waals surface area contributed by atoms with Crippen LogP contribution >= 0.6 is 0 Å². The van der Waals surface area contributed by atoms with E-state index in [0.29, 0.717) is 17.6 Å². The highest BCUT2D eigenvalue weighted by atomic mass is 16.1. The first-order chi connectivity index (χ1) is 14.2. The molecule has 4 N–H and O–H groups in total. The molecule has 0 aliphatic carbocycles. The normalized spacial score (nSPS) is 10.5. The predicted molar refractivity (Wildman–Crippen MR) is 114 cm³/mol. The van der Waals surface area contributed by atoms with Crippen LogP contribution < -0.4 is 16.4 Å². The Bertz CT molecular complexity index is 947. The van der Waals surface area contributed by atoms with Crippen molar-refractivity contribution in [3.05, 3.63) is 54.5 Å². The monoisotopic (exact) mass is 391 g/mol. The van der Waals surface area contributed by atoms with Gasteiger partial charge < -0.3 is 16.4 Å². The molecule has 0 saturated carbocycles. The third kappa shape index (κ3) is 5.71. The van der Waals surface area contributed by atoms with Gasteiger partial charge in [-0.15, -0.1) is 0 Å². The first-order valence-corrected chi connectivity index (χ1v) is 9.72. The van der Waals surface area contributed by atoms with Gasteiger partial charge in [-0.3, -0.25) is 4.79 Å². The number of nitrogens with two attached hydrogens (primary N) is 1. The van der Waals surface area contributed by atoms with Gasteiger partial charge in [0.15, 0.2) is 5.82 Å². The van der Waals surface area contributed by atoms with Crippen molar-refractivity contribution < 1.29 is 4.79 Å². The van der Waals surface area contributed by atoms with Gasteiger partial charge in [0, 0.05) is 36.4 Å². The summed E-state index contributed by atoms with van der Waals surface area (Å²) in [7, 11) is 0. The summed E-state index contributed by atoms with van der Waals surface area (Å²) in [5.41, 5.74) is 7.31. The molecule has 0 fully saturated rings. The molecule has 2 heterocycles. The van der Waals surface area contributed by atoms with Gasteiger partial charge in [-0.2, -0.15) is 4.98 Å². The summed E-state index contributed by atoms with van der Waals surface area (Å²) in [5, 5.41) is 6.37. The third-order valence-corrected chi connectivity index (χ3v) is 4.32. The Labute approximate surface area is 170 Å². The number of rotatable bonds is 10. The van der Waals surface area contributed by atoms with Gasteiger partial charge >= 0.3 is 0 Å². The standard InChI is InChI=1S/C21H25N7O/c1-2-3-4-5-10-25-21-26-14-17(18(22)29)20(28-21)27-16-9-6-8-15(13-16)19-23-11-7-12-24-19/h6-9,11-14H,2-5,10H2,1H3,(H2,22,29)(H2,25,26,27,28). The maximum atomic E-state index is 11.8. The number of unbranched alkanes of at least 4 members (excludes halogenated alkanes) is 3. The van der Waals surface area contributed by atoms with E-state index in [4.69, 9.17) is 5.73 Å². The summed E-state index contributed by atoms with van der Waals surface area (Å²) in [6.45, 7) is 2.95. The average Bonchev–Trinajstić information content (AvgIpc) is 2.74. The molecule has 1 aromatic carbocycles. The molecule has 8 heteroatoms. The van der Waals surface area contributed by atoms with Crippen LogP contribution in [-0.2, 0) is 0 Å². The summed E-state index contributed by atoms with van der Waals surface area (Å²) in [6.07, 6.45) is 9.41. The minimum absolute atomic E-state index is 0.225. The molecule has 1 amide bonds. The van der Waals surface area contributed by atoms with Crippen molar-refractivity contribution in [3.8, 4) is 11.4 Å². The smallest absolute Gasteiger partial charge is 0.254 e. The van der Waals surface area contributed by atoms with Crippen LogP contribution in [-0.4, -0.2) is 32.4 Å². The van der Waals surface area contributed by atoms with Crippen LogP contribution in [0.3, 0.4) is 0 Å². The van der Waals surface area contributed by atoms with Gasteiger partial charge in [0.25, 0.3) is 5.91 Å². The molecule has 0 atom stereocenters. The van der Waals surface area contributed by atoms with Gasteiger partial charge in [0.05, 0.1) is 0 Å². The van der Waals surface area contributed by atoms with Crippen molar-refractivity contribution in [1.29, 1.82) is 0 Å². The molecule has 0 unspecified atom stereocenters. The summed E-state index contributed by atoms with van der Waals surface area (Å²) in [5.74, 6) is 0.833. The number of amides is 1. The molecule has 0 aliphatic heterocycles. The van der Waals surface area contributed by atoms with E-state index in [0.717, 1.165) is 30.6 Å². The van der Waals surface area contributed by atoms with Crippen molar-refractivity contribution in [3.63, 3.8) is 0 Å². The van der Waals surface area contributed by atoms with E-state index in [1.807, 2.05) is 24.3 Å². The van der Waals surface area contributed by atoms with E-state index in [1.54, 1.807) is 18.5 Å². The number of hydrogen-bond acceptors (Lipinski definition) is 7. The van der Waals surface area contributed by atoms with Crippen LogP contribution in [0.2, 0.25) is 0 Å². The lowest BCUT2D eigenvalue weighted by Crippen LogP contribution is -2.16. The first kappa shape index (κ1) is 20.2. The first-order valence-electron chi connectivity index (χ1n) is 9.72. The summed E-state index contributed by atoms with van der Waals surface area (Å²) in [4.78, 5) is 29.0. The molecule has 3 rings (SSSR count). The molecule has 0 aliphatic rings. The van der Waals surface area contributed by atoms with Crippen LogP contribution in [0.1, 0.15) is 43.0 Å². The number of hydrogen-bond donors (Lipinski definition) is 3. The van der Waals surface area contributed by atoms with Gasteiger partial charge in [-0.05, 0) is 24.6 Å². The van der Waals surface area contributed by atoms with Crippen molar-refractivity contribution in [2.45, 2.75) is 32.6 Å². The fourth-order valence-corrected chi connectivity index (χ4v) is 2.82. The number of primary amides is 1. The number of benzene rings is 1. The fraction of sp³-hybridized carbons (Fsp3) is 0.286. The van der Waals surface area contributed by atoms with Gasteiger partial charge in [0.1, 0.15) is 11.4 Å². The van der Waals surface area contributed by atoms with E-state index in [-0.39, 0.29) is 5.56 Å². The largest absolute Gasteiger partial charge is 0.365 e. The van der Waals surface area contributed by atoms with E-state index < -0.39 is 5.91 Å². The highest BCUT2D eigenvalue weighted by molar-refractivity contribution is 5.98. The Morgan fingerprint density at radius 1 is 1.07 bits per heavy atom. The average molecular weight is 391 g/mol. The molecule has 0 radical (unpaired) electrons. The zero-order valence-electron chi connectivity index (χ0n) is 16.4. The SMILES string of the molecule is CCCCCCNc1ncc(C(N)=O)c(Nc2cccc(-c3ncccn3)c2)n1. The number of carbonyl (C=O) groups excluding carboxylic acids is 1. The topological polar surface area (TPSA) is 119 Å². The Morgan fingerprint density at radius 3 is 2.66 bits per heavy atom. The lowest BCUT2D eigenvalue weighted by molar-refractivity contribution is 0.100. The minimum atomic E-state index is -0.593. The van der Waals surface area contributed by atoms with Crippen LogP contribution in [0.15, 0.2) is 48.9 Å². The molecular weight excluding hydrogens is 366 g/mol. The predicted octanol–water partition coefficient (Wildman–Crippen LogP) is 3.77. The van der Waals surface area contributed by atoms with Crippen molar-refractivity contribution in [2.75, 3.05) is 17.2 Å². The Hall–Kier alpha value is -3.55. The summed E-state index contributed by atoms with van der Waals surface area (Å²) < 4.78 is 0. The molecule has 0 bridgehead atoms. The van der Waals surface area contributed by atoms with Crippen molar-refractivity contribution >= 4 is 23.4 Å². The van der Waals surface area contributed by atoms with Crippen LogP contribution in [0.5, 0.6) is 0 Å². The van der Waals surface area contributed by atoms with Gasteiger partial charge in [0.2, 0.25) is 5.95 Å². The van der Waals surface area contributed by atoms with Crippen LogP contribution in [0.25, 0.3) is 11.4 Å². The lowest BCUT2D eigenvalue weighted by atomic mass is 10.2. The molecule has 29 heavy (non-hydrogen) atoms. The van der Waals surface area contributed by atoms with Crippen molar-refractivity contribution in [1.82, 2.24) is 19.9 Å². The van der Waals surface area contributed by atoms with Crippen LogP contribution in [0.4, 0.5) is 17.5 Å². The third-order valence-electron chi connectivity index (χ3n) is 4.32. The second-order valence-corrected chi connectivity index (χ2v) is 6.59. The number of carbonyl (C=O) groups is 1. The number of anilines is 3. The zero-order chi connectivity index (χ0) is 20.5. The Balaban J connectivity index is 1.78. The van der Waals surface area contributed by atoms with Gasteiger partial charge in [-0.25, -0.2) is 15.0 Å². The lowest BCUT2D eigenvalue weighted by Gasteiger charge is -2.12. The second kappa shape index (κ2) is 10.1. The number of nitrogens with zero attached hydrogens (tertiary/aromatic N) is 4. The Morgan fingerprint density at radius 2 is 1.90 bits per heavy atom. The van der Waals surface area contributed by atoms with Crippen molar-refractivity contribution in [2.24, 2.45) is 5.73 Å². The van der Waals surface area contributed by atoms with E-state index in [9.17, 15) is 4.79 Å². The van der Waals surface area contributed by atoms with E-state index in [2.05, 4.69) is 37.5 Å². The summed E-state index contributed by atoms with van der Waals surface area (Å²) in [6, 6.07) is 9.32. The van der Waals surface area contributed by atoms with E-state index in [1.165, 1.54) is 19.0 Å². The summed E-state index contributed by atoms with van der Waals surface area (Å²) >= 11 is 0. The number of aromatic nitrogens is 4. The maximum absolute atomic E-state index is 11.8.